The molecule has 14 heteroatoms. The van der Waals surface area contributed by atoms with Crippen LogP contribution in [0.15, 0.2) is 88.1 Å². The molecule has 1 aliphatic rings. The lowest BCUT2D eigenvalue weighted by atomic mass is 9.84. The topological polar surface area (TPSA) is 134 Å². The van der Waals surface area contributed by atoms with Crippen molar-refractivity contribution in [2.45, 2.75) is 60.4 Å². The molecule has 0 fully saturated rings. The molecule has 1 unspecified atom stereocenters. The maximum Gasteiger partial charge on any atom is 0.294 e. The lowest BCUT2D eigenvalue weighted by Gasteiger charge is -2.23. The van der Waals surface area contributed by atoms with Gasteiger partial charge in [-0.15, -0.1) is 5.12 Å². The Balaban J connectivity index is 1.38. The van der Waals surface area contributed by atoms with E-state index in [1.807, 2.05) is 12.1 Å². The van der Waals surface area contributed by atoms with Gasteiger partial charge in [-0.05, 0) is 89.4 Å². The Labute approximate surface area is 336 Å². The van der Waals surface area contributed by atoms with Crippen LogP contribution in [0.3, 0.4) is 0 Å². The molecular weight excluding hydrogens is 763 g/mol. The number of ether oxygens (including phenoxy) is 2. The number of methoxy groups -OCH3 is 1. The molecule has 5 rings (SSSR count). The van der Waals surface area contributed by atoms with Crippen molar-refractivity contribution >= 4 is 70.1 Å². The maximum absolute atomic E-state index is 13.9. The Bertz CT molecular complexity index is 2120. The first-order valence-corrected chi connectivity index (χ1v) is 18.6. The van der Waals surface area contributed by atoms with Crippen LogP contribution in [-0.2, 0) is 22.4 Å². The molecule has 0 bridgehead atoms. The van der Waals surface area contributed by atoms with Crippen molar-refractivity contribution in [3.05, 3.63) is 105 Å². The third-order valence-electron chi connectivity index (χ3n) is 8.14. The number of hydrazone groups is 1. The zero-order chi connectivity index (χ0) is 40.1. The number of carbonyl (C=O) groups excluding carboxylic acids is 3. The van der Waals surface area contributed by atoms with E-state index in [1.165, 1.54) is 30.0 Å². The minimum absolute atomic E-state index is 0.0260. The number of halogens is 3. The quantitative estimate of drug-likeness (QED) is 0.138. The monoisotopic (exact) mass is 804 g/mol. The lowest BCUT2D eigenvalue weighted by molar-refractivity contribution is -0.131. The number of rotatable bonds is 12. The zero-order valence-corrected chi connectivity index (χ0v) is 33.9. The SMILES string of the molecule is COc1ccc(N=NC2C=NN(NC(=O)c3cccc(NC(=O)COc4ccc(CC(C)(C)C)cc4CC(C)(C)C)c3-c3c(Cl)cc(Cl)cc3Cl)C2=O)cc1. The molecule has 0 aliphatic carbocycles. The van der Waals surface area contributed by atoms with Gasteiger partial charge in [0.25, 0.3) is 17.7 Å². The highest BCUT2D eigenvalue weighted by atomic mass is 35.5. The molecule has 288 valence electrons. The number of nitrogens with zero attached hydrogens (tertiary/aromatic N) is 4. The van der Waals surface area contributed by atoms with Crippen molar-refractivity contribution in [2.75, 3.05) is 19.0 Å². The number of nitrogens with one attached hydrogen (secondary N) is 2. The van der Waals surface area contributed by atoms with E-state index in [0.717, 1.165) is 23.5 Å². The summed E-state index contributed by atoms with van der Waals surface area (Å²) < 4.78 is 11.3. The molecule has 3 amide bonds. The van der Waals surface area contributed by atoms with Crippen LogP contribution in [0.2, 0.25) is 15.1 Å². The van der Waals surface area contributed by atoms with Gasteiger partial charge in [-0.2, -0.15) is 15.3 Å². The van der Waals surface area contributed by atoms with Gasteiger partial charge >= 0.3 is 0 Å². The first-order valence-electron chi connectivity index (χ1n) is 17.5. The molecule has 1 heterocycles. The zero-order valence-electron chi connectivity index (χ0n) is 31.7. The molecule has 11 nitrogen and oxygen atoms in total. The lowest BCUT2D eigenvalue weighted by Crippen LogP contribution is -2.43. The Morgan fingerprint density at radius 2 is 1.55 bits per heavy atom. The van der Waals surface area contributed by atoms with Gasteiger partial charge in [0, 0.05) is 21.8 Å². The summed E-state index contributed by atoms with van der Waals surface area (Å²) in [5, 5.41) is 16.4. The highest BCUT2D eigenvalue weighted by Crippen LogP contribution is 2.43. The summed E-state index contributed by atoms with van der Waals surface area (Å²) in [7, 11) is 1.55. The molecule has 0 saturated heterocycles. The molecule has 4 aromatic rings. The number of anilines is 1. The Morgan fingerprint density at radius 1 is 0.873 bits per heavy atom. The van der Waals surface area contributed by atoms with Crippen LogP contribution in [0.4, 0.5) is 11.4 Å². The van der Waals surface area contributed by atoms with Gasteiger partial charge in [0.2, 0.25) is 0 Å². The van der Waals surface area contributed by atoms with Crippen LogP contribution in [0.5, 0.6) is 11.5 Å². The molecular formula is C41H43Cl3N6O5. The normalized spacial score (nSPS) is 14.4. The average molecular weight is 806 g/mol. The van der Waals surface area contributed by atoms with E-state index < -0.39 is 23.8 Å². The number of hydrogen-bond acceptors (Lipinski definition) is 8. The van der Waals surface area contributed by atoms with Crippen molar-refractivity contribution in [3.8, 4) is 22.6 Å². The largest absolute Gasteiger partial charge is 0.497 e. The molecule has 55 heavy (non-hydrogen) atoms. The Hall–Kier alpha value is -4.97. The first kappa shape index (κ1) is 41.2. The summed E-state index contributed by atoms with van der Waals surface area (Å²) in [6, 6.07) is 19.4. The summed E-state index contributed by atoms with van der Waals surface area (Å²) in [6.45, 7) is 12.7. The first-order chi connectivity index (χ1) is 25.9. The number of hydrogen-bond donors (Lipinski definition) is 2. The van der Waals surface area contributed by atoms with Gasteiger partial charge in [-0.1, -0.05) is 94.5 Å². The second kappa shape index (κ2) is 17.2. The second-order valence-electron chi connectivity index (χ2n) is 15.4. The molecule has 4 aromatic carbocycles. The Morgan fingerprint density at radius 3 is 2.18 bits per heavy atom. The van der Waals surface area contributed by atoms with E-state index in [4.69, 9.17) is 44.3 Å². The fourth-order valence-electron chi connectivity index (χ4n) is 5.90. The van der Waals surface area contributed by atoms with Crippen LogP contribution < -0.4 is 20.2 Å². The molecule has 0 radical (unpaired) electrons. The number of benzene rings is 4. The van der Waals surface area contributed by atoms with Crippen molar-refractivity contribution in [3.63, 3.8) is 0 Å². The van der Waals surface area contributed by atoms with Crippen LogP contribution in [-0.4, -0.2) is 48.8 Å². The summed E-state index contributed by atoms with van der Waals surface area (Å²) in [4.78, 5) is 40.6. The summed E-state index contributed by atoms with van der Waals surface area (Å²) >= 11 is 19.6. The van der Waals surface area contributed by atoms with Crippen LogP contribution >= 0.6 is 34.8 Å². The van der Waals surface area contributed by atoms with Crippen molar-refractivity contribution in [1.82, 2.24) is 10.5 Å². The smallest absolute Gasteiger partial charge is 0.294 e. The van der Waals surface area contributed by atoms with Gasteiger partial charge < -0.3 is 14.8 Å². The number of azo groups is 1. The van der Waals surface area contributed by atoms with Crippen LogP contribution in [0.1, 0.15) is 63.0 Å². The van der Waals surface area contributed by atoms with E-state index >= 15 is 0 Å². The van der Waals surface area contributed by atoms with E-state index in [-0.39, 0.29) is 54.9 Å². The van der Waals surface area contributed by atoms with E-state index in [0.29, 0.717) is 17.2 Å². The standard InChI is InChI=1S/C41H43Cl3N6O5/c1-40(2,3)20-24-11-16-34(25(17-24)21-41(4,5)6)55-23-35(51)46-32-10-8-9-29(36(32)37-30(43)18-26(42)19-31(37)44)38(52)49-50-39(53)33(22-45-50)48-47-27-12-14-28(54-7)15-13-27/h8-19,22,33H,20-21,23H2,1-7H3,(H,46,51)(H,49,52). The average Bonchev–Trinajstić information content (AvgIpc) is 3.43. The minimum Gasteiger partial charge on any atom is -0.497 e. The summed E-state index contributed by atoms with van der Waals surface area (Å²) in [5.41, 5.74) is 5.92. The molecule has 1 aliphatic heterocycles. The minimum atomic E-state index is -1.08. The van der Waals surface area contributed by atoms with E-state index in [1.54, 1.807) is 43.5 Å². The third-order valence-corrected chi connectivity index (χ3v) is 8.96. The van der Waals surface area contributed by atoms with E-state index in [9.17, 15) is 14.4 Å². The second-order valence-corrected chi connectivity index (χ2v) is 16.7. The molecule has 2 N–H and O–H groups in total. The number of amides is 3. The van der Waals surface area contributed by atoms with Crippen molar-refractivity contribution < 1.29 is 23.9 Å². The fraction of sp³-hybridized carbons (Fsp3) is 0.317. The summed E-state index contributed by atoms with van der Waals surface area (Å²) in [6.07, 6.45) is 2.89. The fourth-order valence-corrected chi connectivity index (χ4v) is 6.91. The van der Waals surface area contributed by atoms with Crippen molar-refractivity contribution in [1.29, 1.82) is 0 Å². The van der Waals surface area contributed by atoms with Crippen LogP contribution in [0, 0.1) is 10.8 Å². The van der Waals surface area contributed by atoms with E-state index in [2.05, 4.69) is 73.7 Å². The van der Waals surface area contributed by atoms with Gasteiger partial charge in [0.05, 0.1) is 34.6 Å². The molecule has 1 atom stereocenters. The van der Waals surface area contributed by atoms with Gasteiger partial charge in [0.15, 0.2) is 12.6 Å². The highest BCUT2D eigenvalue weighted by Gasteiger charge is 2.32. The number of hydrazine groups is 1. The Kier molecular flexibility index (Phi) is 12.9. The maximum atomic E-state index is 13.9. The third kappa shape index (κ3) is 11.1. The number of carbonyl (C=O) groups is 3. The van der Waals surface area contributed by atoms with Gasteiger partial charge in [-0.3, -0.25) is 14.4 Å². The van der Waals surface area contributed by atoms with Gasteiger partial charge in [-0.25, -0.2) is 5.43 Å². The van der Waals surface area contributed by atoms with Crippen molar-refractivity contribution in [2.24, 2.45) is 26.2 Å². The molecule has 0 saturated carbocycles. The highest BCUT2D eigenvalue weighted by molar-refractivity contribution is 6.42. The predicted octanol–water partition coefficient (Wildman–Crippen LogP) is 10.1. The molecule has 0 aromatic heterocycles. The molecule has 0 spiro atoms. The van der Waals surface area contributed by atoms with Crippen LogP contribution in [0.25, 0.3) is 11.1 Å². The summed E-state index contributed by atoms with van der Waals surface area (Å²) in [5.74, 6) is -0.632. The predicted molar refractivity (Wildman–Crippen MR) is 218 cm³/mol. The van der Waals surface area contributed by atoms with Gasteiger partial charge in [0.1, 0.15) is 11.5 Å².